The molecule has 1 nitrogen and oxygen atoms in total. The minimum Gasteiger partial charge on any atom is -0.248 e. The van der Waals surface area contributed by atoms with Crippen LogP contribution in [0.5, 0.6) is 0 Å². The third-order valence-electron chi connectivity index (χ3n) is 3.69. The van der Waals surface area contributed by atoms with Gasteiger partial charge in [0.15, 0.2) is 0 Å². The van der Waals surface area contributed by atoms with Crippen LogP contribution in [-0.4, -0.2) is 5.71 Å². The molecule has 0 aromatic heterocycles. The maximum Gasteiger partial charge on any atom is 0.0784 e. The molecule has 1 heteroatoms. The van der Waals surface area contributed by atoms with Gasteiger partial charge in [-0.25, -0.2) is 4.99 Å². The van der Waals surface area contributed by atoms with Gasteiger partial charge in [0.25, 0.3) is 0 Å². The molecule has 0 amide bonds. The van der Waals surface area contributed by atoms with Crippen LogP contribution in [-0.2, 0) is 0 Å². The van der Waals surface area contributed by atoms with Crippen molar-refractivity contribution in [2.24, 2.45) is 4.99 Å². The molecule has 0 aliphatic rings. The quantitative estimate of drug-likeness (QED) is 0.566. The van der Waals surface area contributed by atoms with E-state index < -0.39 is 0 Å². The first-order chi connectivity index (χ1) is 10.7. The number of aliphatic imine (C=N–C) groups is 1. The van der Waals surface area contributed by atoms with Gasteiger partial charge in [0.05, 0.1) is 11.4 Å². The molecule has 0 bridgehead atoms. The van der Waals surface area contributed by atoms with Gasteiger partial charge in [0, 0.05) is 11.1 Å². The average molecular weight is 285 g/mol. The molecule has 0 fully saturated rings. The number of aryl methyl sites for hydroxylation is 2. The lowest BCUT2D eigenvalue weighted by Gasteiger charge is -2.11. The molecule has 0 radical (unpaired) electrons. The van der Waals surface area contributed by atoms with E-state index in [0.29, 0.717) is 0 Å². The van der Waals surface area contributed by atoms with Crippen molar-refractivity contribution in [1.29, 1.82) is 0 Å². The van der Waals surface area contributed by atoms with Gasteiger partial charge in [-0.15, -0.1) is 0 Å². The molecular formula is C21H19N. The Morgan fingerprint density at radius 2 is 1.36 bits per heavy atom. The smallest absolute Gasteiger partial charge is 0.0784 e. The lowest BCUT2D eigenvalue weighted by atomic mass is 9.96. The number of benzene rings is 3. The largest absolute Gasteiger partial charge is 0.248 e. The van der Waals surface area contributed by atoms with Gasteiger partial charge in [-0.3, -0.25) is 0 Å². The topological polar surface area (TPSA) is 12.4 Å². The van der Waals surface area contributed by atoms with Crippen LogP contribution >= 0.6 is 0 Å². The van der Waals surface area contributed by atoms with Crippen LogP contribution in [0, 0.1) is 13.8 Å². The second-order valence-corrected chi connectivity index (χ2v) is 5.48. The summed E-state index contributed by atoms with van der Waals surface area (Å²) < 4.78 is 0. The fraction of sp³-hybridized carbons (Fsp3) is 0.0952. The Kier molecular flexibility index (Phi) is 4.15. The number of para-hydroxylation sites is 1. The zero-order valence-electron chi connectivity index (χ0n) is 13.0. The lowest BCUT2D eigenvalue weighted by molar-refractivity contribution is 1.36. The number of hydrogen-bond donors (Lipinski definition) is 0. The summed E-state index contributed by atoms with van der Waals surface area (Å²) in [4.78, 5) is 4.92. The Balaban J connectivity index is 2.20. The van der Waals surface area contributed by atoms with Crippen LogP contribution in [0.2, 0.25) is 0 Å². The molecule has 3 aromatic carbocycles. The molecule has 0 saturated carbocycles. The molecule has 3 rings (SSSR count). The Bertz CT molecular complexity index is 787. The summed E-state index contributed by atoms with van der Waals surface area (Å²) in [6.45, 7) is 4.26. The molecule has 108 valence electrons. The molecule has 0 spiro atoms. The van der Waals surface area contributed by atoms with Crippen LogP contribution in [0.4, 0.5) is 5.69 Å². The third kappa shape index (κ3) is 3.15. The molecule has 0 aliphatic heterocycles. The molecule has 0 unspecified atom stereocenters. The van der Waals surface area contributed by atoms with Crippen LogP contribution in [0.15, 0.2) is 83.9 Å². The van der Waals surface area contributed by atoms with E-state index in [1.807, 2.05) is 36.4 Å². The second-order valence-electron chi connectivity index (χ2n) is 5.48. The Hall–Kier alpha value is -2.67. The number of hydrogen-bond acceptors (Lipinski definition) is 1. The predicted molar refractivity (Wildman–Crippen MR) is 94.1 cm³/mol. The van der Waals surface area contributed by atoms with E-state index in [2.05, 4.69) is 56.3 Å². The Morgan fingerprint density at radius 1 is 0.727 bits per heavy atom. The summed E-state index contributed by atoms with van der Waals surface area (Å²) in [6, 6.07) is 27.0. The van der Waals surface area contributed by atoms with Crippen LogP contribution in [0.25, 0.3) is 0 Å². The first-order valence-corrected chi connectivity index (χ1v) is 7.51. The van der Waals surface area contributed by atoms with Gasteiger partial charge in [-0.05, 0) is 37.6 Å². The van der Waals surface area contributed by atoms with E-state index in [1.165, 1.54) is 16.7 Å². The first kappa shape index (κ1) is 14.3. The second kappa shape index (κ2) is 6.40. The van der Waals surface area contributed by atoms with Gasteiger partial charge in [0.1, 0.15) is 0 Å². The van der Waals surface area contributed by atoms with Crippen molar-refractivity contribution < 1.29 is 0 Å². The van der Waals surface area contributed by atoms with Gasteiger partial charge < -0.3 is 0 Å². The van der Waals surface area contributed by atoms with Crippen molar-refractivity contribution in [2.45, 2.75) is 13.8 Å². The lowest BCUT2D eigenvalue weighted by Crippen LogP contribution is -2.05. The fourth-order valence-corrected chi connectivity index (χ4v) is 2.50. The van der Waals surface area contributed by atoms with Gasteiger partial charge in [-0.2, -0.15) is 0 Å². The van der Waals surface area contributed by atoms with Crippen molar-refractivity contribution in [3.63, 3.8) is 0 Å². The Labute approximate surface area is 132 Å². The van der Waals surface area contributed by atoms with Crippen molar-refractivity contribution in [1.82, 2.24) is 0 Å². The van der Waals surface area contributed by atoms with Crippen LogP contribution in [0.3, 0.4) is 0 Å². The van der Waals surface area contributed by atoms with Gasteiger partial charge in [-0.1, -0.05) is 66.2 Å². The van der Waals surface area contributed by atoms with Crippen molar-refractivity contribution in [3.05, 3.63) is 101 Å². The predicted octanol–water partition coefficient (Wildman–Crippen LogP) is 5.47. The molecule has 22 heavy (non-hydrogen) atoms. The Morgan fingerprint density at radius 3 is 2.05 bits per heavy atom. The third-order valence-corrected chi connectivity index (χ3v) is 3.69. The molecule has 0 saturated heterocycles. The molecular weight excluding hydrogens is 266 g/mol. The first-order valence-electron chi connectivity index (χ1n) is 7.51. The van der Waals surface area contributed by atoms with Gasteiger partial charge >= 0.3 is 0 Å². The highest BCUT2D eigenvalue weighted by Gasteiger charge is 2.10. The summed E-state index contributed by atoms with van der Waals surface area (Å²) in [5.74, 6) is 0. The van der Waals surface area contributed by atoms with E-state index in [9.17, 15) is 0 Å². The normalized spacial score (nSPS) is 11.5. The average Bonchev–Trinajstić information content (AvgIpc) is 2.57. The highest BCUT2D eigenvalue weighted by molar-refractivity contribution is 6.14. The van der Waals surface area contributed by atoms with E-state index in [4.69, 9.17) is 4.99 Å². The monoisotopic (exact) mass is 285 g/mol. The van der Waals surface area contributed by atoms with Crippen LogP contribution in [0.1, 0.15) is 22.3 Å². The maximum atomic E-state index is 4.92. The molecule has 0 N–H and O–H groups in total. The minimum absolute atomic E-state index is 0.974. The van der Waals surface area contributed by atoms with E-state index >= 15 is 0 Å². The summed E-state index contributed by atoms with van der Waals surface area (Å²) in [5.41, 5.74) is 6.81. The van der Waals surface area contributed by atoms with Crippen LogP contribution < -0.4 is 0 Å². The molecule has 0 heterocycles. The van der Waals surface area contributed by atoms with Crippen molar-refractivity contribution in [2.75, 3.05) is 0 Å². The molecule has 0 atom stereocenters. The highest BCUT2D eigenvalue weighted by atomic mass is 14.7. The van der Waals surface area contributed by atoms with E-state index in [-0.39, 0.29) is 0 Å². The maximum absolute atomic E-state index is 4.92. The summed E-state index contributed by atoms with van der Waals surface area (Å²) in [7, 11) is 0. The van der Waals surface area contributed by atoms with Gasteiger partial charge in [0.2, 0.25) is 0 Å². The summed E-state index contributed by atoms with van der Waals surface area (Å²) in [6.07, 6.45) is 0. The highest BCUT2D eigenvalue weighted by Crippen LogP contribution is 2.21. The summed E-state index contributed by atoms with van der Waals surface area (Å²) >= 11 is 0. The zero-order valence-corrected chi connectivity index (χ0v) is 13.0. The minimum atomic E-state index is 0.974. The van der Waals surface area contributed by atoms with E-state index in [0.717, 1.165) is 17.0 Å². The number of rotatable bonds is 3. The molecule has 3 aromatic rings. The molecule has 0 aliphatic carbocycles. The standard InChI is InChI=1S/C21H19N/c1-16-13-14-17(2)20(15-16)21(18-9-5-3-6-10-18)22-19-11-7-4-8-12-19/h3-15H,1-2H3. The zero-order chi connectivity index (χ0) is 15.4. The van der Waals surface area contributed by atoms with E-state index in [1.54, 1.807) is 0 Å². The van der Waals surface area contributed by atoms with Crippen molar-refractivity contribution >= 4 is 11.4 Å². The fourth-order valence-electron chi connectivity index (χ4n) is 2.50. The number of nitrogens with zero attached hydrogens (tertiary/aromatic N) is 1. The summed E-state index contributed by atoms with van der Waals surface area (Å²) in [5, 5.41) is 0. The van der Waals surface area contributed by atoms with Crippen molar-refractivity contribution in [3.8, 4) is 0 Å². The SMILES string of the molecule is Cc1ccc(C)c(C(=Nc2ccccc2)c2ccccc2)c1.